The molecule has 0 aliphatic rings. The van der Waals surface area contributed by atoms with Gasteiger partial charge in [0.05, 0.1) is 6.61 Å². The summed E-state index contributed by atoms with van der Waals surface area (Å²) in [4.78, 5) is 24.2. The van der Waals surface area contributed by atoms with E-state index in [0.29, 0.717) is 17.7 Å². The number of hydrogen-bond acceptors (Lipinski definition) is 3. The first-order chi connectivity index (χ1) is 10.0. The van der Waals surface area contributed by atoms with Crippen molar-refractivity contribution in [2.24, 2.45) is 5.92 Å². The smallest absolute Gasteiger partial charge is 0.328 e. The fourth-order valence-electron chi connectivity index (χ4n) is 1.84. The van der Waals surface area contributed by atoms with Gasteiger partial charge in [-0.25, -0.2) is 4.79 Å². The Kier molecular flexibility index (Phi) is 6.48. The van der Waals surface area contributed by atoms with E-state index in [2.05, 4.69) is 11.2 Å². The first kappa shape index (κ1) is 16.8. The normalized spacial score (nSPS) is 12.9. The molecule has 0 aliphatic heterocycles. The summed E-state index contributed by atoms with van der Waals surface area (Å²) in [5.74, 6) is 1.78. The van der Waals surface area contributed by atoms with Crippen molar-refractivity contribution in [2.75, 3.05) is 6.61 Å². The lowest BCUT2D eigenvalue weighted by molar-refractivity contribution is -0.146. The molecular weight excluding hydrogens is 266 g/mol. The summed E-state index contributed by atoms with van der Waals surface area (Å²) in [5.41, 5.74) is 1.17. The Balaban J connectivity index is 2.84. The monoisotopic (exact) mass is 287 g/mol. The third-order valence-corrected chi connectivity index (χ3v) is 3.35. The van der Waals surface area contributed by atoms with Gasteiger partial charge in [-0.1, -0.05) is 26.2 Å². The second kappa shape index (κ2) is 8.11. The molecule has 0 unspecified atom stereocenters. The van der Waals surface area contributed by atoms with Gasteiger partial charge in [-0.05, 0) is 37.1 Å². The fourth-order valence-corrected chi connectivity index (χ4v) is 1.84. The van der Waals surface area contributed by atoms with Gasteiger partial charge in [-0.3, -0.25) is 4.79 Å². The molecule has 2 atom stereocenters. The molecule has 0 bridgehead atoms. The first-order valence-electron chi connectivity index (χ1n) is 7.07. The van der Waals surface area contributed by atoms with Crippen LogP contribution in [0, 0.1) is 18.3 Å². The number of terminal acetylenes is 1. The lowest BCUT2D eigenvalue weighted by atomic mass is 9.98. The number of benzene rings is 1. The van der Waals surface area contributed by atoms with Crippen molar-refractivity contribution in [3.63, 3.8) is 0 Å². The number of carbonyl (C=O) groups is 2. The minimum absolute atomic E-state index is 0.00187. The number of ether oxygens (including phenoxy) is 1. The van der Waals surface area contributed by atoms with Crippen LogP contribution in [0.5, 0.6) is 0 Å². The Morgan fingerprint density at radius 3 is 2.38 bits per heavy atom. The van der Waals surface area contributed by atoms with E-state index >= 15 is 0 Å². The highest BCUT2D eigenvalue weighted by molar-refractivity contribution is 5.96. The molecule has 0 aromatic heterocycles. The van der Waals surface area contributed by atoms with Crippen molar-refractivity contribution in [3.05, 3.63) is 35.4 Å². The number of hydrogen-bond donors (Lipinski definition) is 1. The lowest BCUT2D eigenvalue weighted by Crippen LogP contribution is -2.46. The maximum Gasteiger partial charge on any atom is 0.328 e. The predicted octanol–water partition coefficient (Wildman–Crippen LogP) is 2.38. The highest BCUT2D eigenvalue weighted by Crippen LogP contribution is 2.11. The van der Waals surface area contributed by atoms with Crippen LogP contribution in [0.2, 0.25) is 0 Å². The van der Waals surface area contributed by atoms with Crippen molar-refractivity contribution in [1.82, 2.24) is 5.32 Å². The van der Waals surface area contributed by atoms with Gasteiger partial charge in [-0.15, -0.1) is 6.42 Å². The van der Waals surface area contributed by atoms with Gasteiger partial charge in [0.25, 0.3) is 5.91 Å². The zero-order valence-electron chi connectivity index (χ0n) is 12.7. The maximum atomic E-state index is 12.2. The number of esters is 1. The van der Waals surface area contributed by atoms with E-state index in [1.165, 1.54) is 0 Å². The summed E-state index contributed by atoms with van der Waals surface area (Å²) < 4.78 is 5.02. The summed E-state index contributed by atoms with van der Waals surface area (Å²) in [6, 6.07) is 6.02. The molecule has 112 valence electrons. The largest absolute Gasteiger partial charge is 0.464 e. The third kappa shape index (κ3) is 4.64. The van der Waals surface area contributed by atoms with Crippen LogP contribution in [-0.4, -0.2) is 24.5 Å². The van der Waals surface area contributed by atoms with Crippen molar-refractivity contribution in [1.29, 1.82) is 0 Å². The predicted molar refractivity (Wildman–Crippen MR) is 81.7 cm³/mol. The molecule has 1 N–H and O–H groups in total. The Morgan fingerprint density at radius 2 is 1.90 bits per heavy atom. The Hall–Kier alpha value is -2.28. The number of amides is 1. The average Bonchev–Trinajstić information content (AvgIpc) is 2.51. The lowest BCUT2D eigenvalue weighted by Gasteiger charge is -2.22. The first-order valence-corrected chi connectivity index (χ1v) is 7.07. The van der Waals surface area contributed by atoms with Gasteiger partial charge in [0.2, 0.25) is 0 Å². The van der Waals surface area contributed by atoms with Crippen molar-refractivity contribution in [2.45, 2.75) is 33.2 Å². The van der Waals surface area contributed by atoms with Crippen LogP contribution in [0.4, 0.5) is 0 Å². The molecule has 1 aromatic rings. The average molecular weight is 287 g/mol. The molecule has 0 saturated heterocycles. The molecule has 0 heterocycles. The number of carbonyl (C=O) groups excluding carboxylic acids is 2. The molecule has 4 heteroatoms. The van der Waals surface area contributed by atoms with Crippen LogP contribution in [-0.2, 0) is 9.53 Å². The van der Waals surface area contributed by atoms with Crippen molar-refractivity contribution in [3.8, 4) is 12.3 Å². The summed E-state index contributed by atoms with van der Waals surface area (Å²) in [6.07, 6.45) is 6.04. The molecular formula is C17H21NO3. The summed E-state index contributed by atoms with van der Waals surface area (Å²) in [5, 5.41) is 2.74. The second-order valence-electron chi connectivity index (χ2n) is 4.81. The van der Waals surface area contributed by atoms with Gasteiger partial charge < -0.3 is 10.1 Å². The molecule has 0 fully saturated rings. The summed E-state index contributed by atoms with van der Waals surface area (Å²) >= 11 is 0. The summed E-state index contributed by atoms with van der Waals surface area (Å²) in [7, 11) is 0. The minimum atomic E-state index is -0.644. The SMILES string of the molecule is C#Cc1ccc(C(=O)N[C@H](C(=O)OCC)[C@@H](C)CC)cc1. The fraction of sp³-hybridized carbons (Fsp3) is 0.412. The van der Waals surface area contributed by atoms with E-state index in [1.807, 2.05) is 13.8 Å². The van der Waals surface area contributed by atoms with Crippen LogP contribution in [0.3, 0.4) is 0 Å². The zero-order valence-corrected chi connectivity index (χ0v) is 12.7. The highest BCUT2D eigenvalue weighted by atomic mass is 16.5. The zero-order chi connectivity index (χ0) is 15.8. The molecule has 0 aliphatic carbocycles. The quantitative estimate of drug-likeness (QED) is 0.645. The molecule has 1 aromatic carbocycles. The van der Waals surface area contributed by atoms with E-state index in [4.69, 9.17) is 11.2 Å². The van der Waals surface area contributed by atoms with Gasteiger partial charge in [0, 0.05) is 11.1 Å². The van der Waals surface area contributed by atoms with Crippen molar-refractivity contribution >= 4 is 11.9 Å². The standard InChI is InChI=1S/C17H21NO3/c1-5-12(4)15(17(20)21-7-3)18-16(19)14-10-8-13(6-2)9-11-14/h2,8-12,15H,5,7H2,1,3-4H3,(H,18,19)/t12-,15-/m0/s1. The number of nitrogens with one attached hydrogen (secondary N) is 1. The van der Waals surface area contributed by atoms with Crippen LogP contribution in [0.15, 0.2) is 24.3 Å². The summed E-state index contributed by atoms with van der Waals surface area (Å²) in [6.45, 7) is 5.90. The highest BCUT2D eigenvalue weighted by Gasteiger charge is 2.27. The van der Waals surface area contributed by atoms with Crippen molar-refractivity contribution < 1.29 is 14.3 Å². The molecule has 1 rings (SSSR count). The van der Waals surface area contributed by atoms with E-state index in [9.17, 15) is 9.59 Å². The molecule has 4 nitrogen and oxygen atoms in total. The molecule has 21 heavy (non-hydrogen) atoms. The third-order valence-electron chi connectivity index (χ3n) is 3.35. The van der Waals surface area contributed by atoms with E-state index in [-0.39, 0.29) is 11.8 Å². The van der Waals surface area contributed by atoms with Gasteiger partial charge in [-0.2, -0.15) is 0 Å². The Bertz CT molecular complexity index is 528. The molecule has 0 radical (unpaired) electrons. The maximum absolute atomic E-state index is 12.2. The number of rotatable bonds is 6. The Labute approximate surface area is 125 Å². The topological polar surface area (TPSA) is 55.4 Å². The van der Waals surface area contributed by atoms with Crippen LogP contribution in [0.25, 0.3) is 0 Å². The van der Waals surface area contributed by atoms with E-state index in [0.717, 1.165) is 6.42 Å². The molecule has 0 saturated carbocycles. The second-order valence-corrected chi connectivity index (χ2v) is 4.81. The van der Waals surface area contributed by atoms with E-state index < -0.39 is 12.0 Å². The molecule has 0 spiro atoms. The Morgan fingerprint density at radius 1 is 1.29 bits per heavy atom. The van der Waals surface area contributed by atoms with Crippen LogP contribution >= 0.6 is 0 Å². The minimum Gasteiger partial charge on any atom is -0.464 e. The van der Waals surface area contributed by atoms with Crippen LogP contribution in [0.1, 0.15) is 43.1 Å². The van der Waals surface area contributed by atoms with E-state index in [1.54, 1.807) is 31.2 Å². The molecule has 1 amide bonds. The van der Waals surface area contributed by atoms with Gasteiger partial charge in [0.1, 0.15) is 6.04 Å². The van der Waals surface area contributed by atoms with Gasteiger partial charge >= 0.3 is 5.97 Å². The van der Waals surface area contributed by atoms with Crippen LogP contribution < -0.4 is 5.32 Å². The van der Waals surface area contributed by atoms with Gasteiger partial charge in [0.15, 0.2) is 0 Å².